The summed E-state index contributed by atoms with van der Waals surface area (Å²) in [6.45, 7) is 3.56. The van der Waals surface area contributed by atoms with Crippen molar-refractivity contribution in [2.75, 3.05) is 19.6 Å². The van der Waals surface area contributed by atoms with E-state index in [0.717, 1.165) is 5.76 Å². The molecule has 0 aliphatic carbocycles. The number of aromatic nitrogens is 2. The van der Waals surface area contributed by atoms with E-state index in [2.05, 4.69) is 20.8 Å². The summed E-state index contributed by atoms with van der Waals surface area (Å²) in [5.74, 6) is 1.22. The lowest BCUT2D eigenvalue weighted by atomic mass is 10.1. The van der Waals surface area contributed by atoms with Gasteiger partial charge in [0.05, 0.1) is 6.10 Å². The number of aromatic amines is 1. The van der Waals surface area contributed by atoms with Gasteiger partial charge in [0.15, 0.2) is 11.5 Å². The molecule has 7 heteroatoms. The molecule has 0 bridgehead atoms. The van der Waals surface area contributed by atoms with Crippen molar-refractivity contribution < 1.29 is 14.3 Å². The number of hydrogen-bond donors (Lipinski definition) is 4. The highest BCUT2D eigenvalue weighted by atomic mass is 16.3. The second-order valence-corrected chi connectivity index (χ2v) is 5.27. The Morgan fingerprint density at radius 3 is 3.05 bits per heavy atom. The van der Waals surface area contributed by atoms with Crippen LogP contribution in [0.15, 0.2) is 22.6 Å². The summed E-state index contributed by atoms with van der Waals surface area (Å²) in [6, 6.07) is 5.33. The van der Waals surface area contributed by atoms with Gasteiger partial charge in [-0.1, -0.05) is 0 Å². The van der Waals surface area contributed by atoms with Crippen molar-refractivity contribution in [3.05, 3.63) is 29.7 Å². The number of amides is 1. The lowest BCUT2D eigenvalue weighted by Crippen LogP contribution is -2.34. The number of aryl methyl sites for hydroxylation is 1. The first-order chi connectivity index (χ1) is 10.1. The summed E-state index contributed by atoms with van der Waals surface area (Å²) in [5, 5.41) is 22.3. The highest BCUT2D eigenvalue weighted by molar-refractivity contribution is 5.93. The Labute approximate surface area is 121 Å². The number of hydrogen-bond acceptors (Lipinski definition) is 5. The predicted molar refractivity (Wildman–Crippen MR) is 75.7 cm³/mol. The van der Waals surface area contributed by atoms with E-state index in [1.165, 1.54) is 0 Å². The molecule has 1 fully saturated rings. The van der Waals surface area contributed by atoms with Crippen LogP contribution in [0.1, 0.15) is 16.2 Å². The molecule has 2 aromatic rings. The summed E-state index contributed by atoms with van der Waals surface area (Å²) in [6.07, 6.45) is -0.411. The van der Waals surface area contributed by atoms with Crippen molar-refractivity contribution in [1.29, 1.82) is 0 Å². The van der Waals surface area contributed by atoms with Gasteiger partial charge < -0.3 is 20.2 Å². The number of aliphatic hydroxyl groups is 1. The van der Waals surface area contributed by atoms with E-state index in [4.69, 9.17) is 4.42 Å². The van der Waals surface area contributed by atoms with E-state index < -0.39 is 6.10 Å². The van der Waals surface area contributed by atoms with Gasteiger partial charge >= 0.3 is 0 Å². The van der Waals surface area contributed by atoms with Gasteiger partial charge in [-0.25, -0.2) is 0 Å². The predicted octanol–water partition coefficient (Wildman–Crippen LogP) is 0.288. The number of carbonyl (C=O) groups is 1. The molecule has 4 N–H and O–H groups in total. The standard InChI is InChI=1S/C14H18N4O3/c1-8-2-3-13(21-8)10-4-11(18-17-10)14(20)16-6-9-5-15-7-12(9)19/h2-4,9,12,15,19H,5-7H2,1H3,(H,16,20)(H,17,18). The minimum Gasteiger partial charge on any atom is -0.460 e. The number of rotatable bonds is 4. The molecule has 1 aliphatic rings. The maximum absolute atomic E-state index is 12.0. The van der Waals surface area contributed by atoms with Crippen LogP contribution in [0.25, 0.3) is 11.5 Å². The number of nitrogens with one attached hydrogen (secondary N) is 3. The third kappa shape index (κ3) is 2.98. The van der Waals surface area contributed by atoms with Gasteiger partial charge in [0.25, 0.3) is 5.91 Å². The maximum Gasteiger partial charge on any atom is 0.271 e. The van der Waals surface area contributed by atoms with Crippen LogP contribution in [0.4, 0.5) is 0 Å². The number of β-amino-alcohol motifs (C(OH)–C–C–N with tert-alkyl or cyclic N) is 1. The molecule has 21 heavy (non-hydrogen) atoms. The van der Waals surface area contributed by atoms with Crippen molar-refractivity contribution in [2.45, 2.75) is 13.0 Å². The van der Waals surface area contributed by atoms with Crippen LogP contribution in [0.3, 0.4) is 0 Å². The number of nitrogens with zero attached hydrogens (tertiary/aromatic N) is 1. The van der Waals surface area contributed by atoms with E-state index in [0.29, 0.717) is 36.8 Å². The molecule has 1 aliphatic heterocycles. The third-order valence-electron chi connectivity index (χ3n) is 3.65. The molecule has 7 nitrogen and oxygen atoms in total. The molecule has 0 radical (unpaired) electrons. The monoisotopic (exact) mass is 290 g/mol. The highest BCUT2D eigenvalue weighted by Crippen LogP contribution is 2.20. The largest absolute Gasteiger partial charge is 0.460 e. The van der Waals surface area contributed by atoms with Gasteiger partial charge in [-0.2, -0.15) is 5.10 Å². The Morgan fingerprint density at radius 2 is 2.38 bits per heavy atom. The lowest BCUT2D eigenvalue weighted by molar-refractivity contribution is 0.0922. The molecule has 0 saturated carbocycles. The second kappa shape index (κ2) is 5.71. The summed E-state index contributed by atoms with van der Waals surface area (Å²) < 4.78 is 5.47. The second-order valence-electron chi connectivity index (χ2n) is 5.27. The van der Waals surface area contributed by atoms with Crippen molar-refractivity contribution in [3.8, 4) is 11.5 Å². The van der Waals surface area contributed by atoms with E-state index in [9.17, 15) is 9.90 Å². The Morgan fingerprint density at radius 1 is 1.52 bits per heavy atom. The number of carbonyl (C=O) groups excluding carboxylic acids is 1. The fourth-order valence-electron chi connectivity index (χ4n) is 2.39. The Hall–Kier alpha value is -2.12. The van der Waals surface area contributed by atoms with Gasteiger partial charge in [0.1, 0.15) is 11.5 Å². The molecule has 0 spiro atoms. The van der Waals surface area contributed by atoms with Crippen LogP contribution in [-0.4, -0.2) is 46.9 Å². The fraction of sp³-hybridized carbons (Fsp3) is 0.429. The molecule has 2 aromatic heterocycles. The van der Waals surface area contributed by atoms with Crippen molar-refractivity contribution in [1.82, 2.24) is 20.8 Å². The molecule has 112 valence electrons. The Bertz CT molecular complexity index is 634. The Kier molecular flexibility index (Phi) is 3.76. The first kappa shape index (κ1) is 13.8. The molecule has 3 heterocycles. The smallest absolute Gasteiger partial charge is 0.271 e. The van der Waals surface area contributed by atoms with Gasteiger partial charge in [-0.15, -0.1) is 0 Å². The van der Waals surface area contributed by atoms with Crippen LogP contribution in [-0.2, 0) is 0 Å². The van der Waals surface area contributed by atoms with Crippen LogP contribution in [0.5, 0.6) is 0 Å². The molecular formula is C14H18N4O3. The SMILES string of the molecule is Cc1ccc(-c2cc(C(=O)NCC3CNCC3O)n[nH]2)o1. The zero-order chi connectivity index (χ0) is 14.8. The van der Waals surface area contributed by atoms with Crippen molar-refractivity contribution in [2.24, 2.45) is 5.92 Å². The van der Waals surface area contributed by atoms with Crippen LogP contribution in [0, 0.1) is 12.8 Å². The molecule has 1 saturated heterocycles. The third-order valence-corrected chi connectivity index (χ3v) is 3.65. The summed E-state index contributed by atoms with van der Waals surface area (Å²) >= 11 is 0. The van der Waals surface area contributed by atoms with Gasteiger partial charge in [0, 0.05) is 31.6 Å². The summed E-state index contributed by atoms with van der Waals surface area (Å²) in [7, 11) is 0. The van der Waals surface area contributed by atoms with E-state index in [1.54, 1.807) is 6.07 Å². The normalized spacial score (nSPS) is 21.6. The van der Waals surface area contributed by atoms with Crippen molar-refractivity contribution in [3.63, 3.8) is 0 Å². The lowest BCUT2D eigenvalue weighted by Gasteiger charge is -2.13. The number of H-pyrrole nitrogens is 1. The zero-order valence-corrected chi connectivity index (χ0v) is 11.7. The maximum atomic E-state index is 12.0. The minimum absolute atomic E-state index is 0.0417. The molecule has 2 unspecified atom stereocenters. The average Bonchev–Trinajstić information content (AvgIpc) is 3.16. The number of aliphatic hydroxyl groups excluding tert-OH is 1. The fourth-order valence-corrected chi connectivity index (χ4v) is 2.39. The molecule has 0 aromatic carbocycles. The van der Waals surface area contributed by atoms with Gasteiger partial charge in [-0.3, -0.25) is 9.89 Å². The van der Waals surface area contributed by atoms with Crippen LogP contribution >= 0.6 is 0 Å². The first-order valence-electron chi connectivity index (χ1n) is 6.92. The summed E-state index contributed by atoms with van der Waals surface area (Å²) in [5.41, 5.74) is 0.968. The first-order valence-corrected chi connectivity index (χ1v) is 6.92. The van der Waals surface area contributed by atoms with E-state index >= 15 is 0 Å². The topological polar surface area (TPSA) is 103 Å². The zero-order valence-electron chi connectivity index (χ0n) is 11.7. The minimum atomic E-state index is -0.411. The van der Waals surface area contributed by atoms with E-state index in [1.807, 2.05) is 19.1 Å². The van der Waals surface area contributed by atoms with E-state index in [-0.39, 0.29) is 11.8 Å². The quantitative estimate of drug-likeness (QED) is 0.648. The molecule has 2 atom stereocenters. The molecular weight excluding hydrogens is 272 g/mol. The van der Waals surface area contributed by atoms with Gasteiger partial charge in [-0.05, 0) is 19.1 Å². The summed E-state index contributed by atoms with van der Waals surface area (Å²) in [4.78, 5) is 12.0. The highest BCUT2D eigenvalue weighted by Gasteiger charge is 2.25. The van der Waals surface area contributed by atoms with Crippen molar-refractivity contribution >= 4 is 5.91 Å². The average molecular weight is 290 g/mol. The van der Waals surface area contributed by atoms with Crippen LogP contribution in [0.2, 0.25) is 0 Å². The molecule has 3 rings (SSSR count). The van der Waals surface area contributed by atoms with Gasteiger partial charge in [0.2, 0.25) is 0 Å². The van der Waals surface area contributed by atoms with Crippen LogP contribution < -0.4 is 10.6 Å². The molecule has 1 amide bonds. The number of furan rings is 1. The Balaban J connectivity index is 1.61.